The fraction of sp³-hybridized carbons (Fsp3) is 0.310. The van der Waals surface area contributed by atoms with E-state index in [1.807, 2.05) is 19.1 Å². The summed E-state index contributed by atoms with van der Waals surface area (Å²) >= 11 is 0. The maximum absolute atomic E-state index is 14.8. The summed E-state index contributed by atoms with van der Waals surface area (Å²) in [6.07, 6.45) is -3.89. The van der Waals surface area contributed by atoms with E-state index in [0.29, 0.717) is 19.3 Å². The maximum atomic E-state index is 14.8. The number of ether oxygens (including phenoxy) is 3. The van der Waals surface area contributed by atoms with Crippen LogP contribution in [0.25, 0.3) is 11.1 Å². The van der Waals surface area contributed by atoms with E-state index in [2.05, 4.69) is 4.74 Å². The highest BCUT2D eigenvalue weighted by Gasteiger charge is 2.38. The monoisotopic (exact) mass is 554 g/mol. The summed E-state index contributed by atoms with van der Waals surface area (Å²) in [5.74, 6) is -2.69. The molecular formula is C29H25F7O3. The van der Waals surface area contributed by atoms with Gasteiger partial charge in [0.1, 0.15) is 17.4 Å². The normalized spacial score (nSPS) is 18.5. The summed E-state index contributed by atoms with van der Waals surface area (Å²) < 4.78 is 113. The molecule has 4 rings (SSSR count). The molecule has 0 amide bonds. The minimum Gasteiger partial charge on any atom is -0.429 e. The first-order chi connectivity index (χ1) is 18.5. The second kappa shape index (κ2) is 11.8. The first kappa shape index (κ1) is 28.6. The van der Waals surface area contributed by atoms with Gasteiger partial charge in [0.2, 0.25) is 0 Å². The molecule has 0 N–H and O–H groups in total. The summed E-state index contributed by atoms with van der Waals surface area (Å²) in [5.41, 5.74) is -1.77. The van der Waals surface area contributed by atoms with Crippen LogP contribution in [0.3, 0.4) is 0 Å². The third kappa shape index (κ3) is 6.99. The van der Waals surface area contributed by atoms with E-state index < -0.39 is 47.1 Å². The summed E-state index contributed by atoms with van der Waals surface area (Å²) in [6.45, 7) is 2.70. The van der Waals surface area contributed by atoms with Crippen LogP contribution in [0.1, 0.15) is 42.7 Å². The van der Waals surface area contributed by atoms with Crippen molar-refractivity contribution in [2.75, 3.05) is 13.2 Å². The molecule has 0 unspecified atom stereocenters. The Morgan fingerprint density at radius 3 is 2.15 bits per heavy atom. The lowest BCUT2D eigenvalue weighted by Crippen LogP contribution is -2.27. The van der Waals surface area contributed by atoms with E-state index in [9.17, 15) is 30.7 Å². The Hall–Kier alpha value is -3.37. The molecule has 1 saturated heterocycles. The number of benzene rings is 3. The Balaban J connectivity index is 1.43. The van der Waals surface area contributed by atoms with Crippen molar-refractivity contribution in [3.63, 3.8) is 0 Å². The highest BCUT2D eigenvalue weighted by Crippen LogP contribution is 2.37. The molecule has 0 aliphatic carbocycles. The Morgan fingerprint density at radius 2 is 1.56 bits per heavy atom. The molecule has 1 heterocycles. The van der Waals surface area contributed by atoms with Gasteiger partial charge in [0.25, 0.3) is 0 Å². The molecule has 0 atom stereocenters. The average Bonchev–Trinajstić information content (AvgIpc) is 2.88. The van der Waals surface area contributed by atoms with E-state index in [1.165, 1.54) is 6.07 Å². The van der Waals surface area contributed by atoms with Gasteiger partial charge in [0.05, 0.1) is 24.3 Å². The summed E-state index contributed by atoms with van der Waals surface area (Å²) in [7, 11) is 0. The molecule has 208 valence electrons. The number of alkyl halides is 5. The van der Waals surface area contributed by atoms with Crippen molar-refractivity contribution >= 4 is 0 Å². The Morgan fingerprint density at radius 1 is 0.872 bits per heavy atom. The zero-order chi connectivity index (χ0) is 28.2. The number of halogens is 7. The van der Waals surface area contributed by atoms with Crippen molar-refractivity contribution < 1.29 is 44.9 Å². The number of hydrogen-bond donors (Lipinski definition) is 0. The smallest absolute Gasteiger partial charge is 0.429 e. The SMILES string of the molecule is C/C=C/CCC1COC(c2ccc(C(F)(F)Oc3ccc(-c4ccc(C(F)(F)F)cc4)c(F)c3)c(F)c2)OC1. The lowest BCUT2D eigenvalue weighted by atomic mass is 10.0. The maximum Gasteiger partial charge on any atom is 0.429 e. The Labute approximate surface area is 220 Å². The quantitative estimate of drug-likeness (QED) is 0.206. The molecule has 0 aromatic heterocycles. The number of rotatable bonds is 8. The third-order valence-corrected chi connectivity index (χ3v) is 6.23. The van der Waals surface area contributed by atoms with Crippen molar-refractivity contribution in [2.24, 2.45) is 5.92 Å². The van der Waals surface area contributed by atoms with Gasteiger partial charge in [-0.05, 0) is 61.7 Å². The first-order valence-corrected chi connectivity index (χ1v) is 12.2. The van der Waals surface area contributed by atoms with E-state index in [4.69, 9.17) is 9.47 Å². The van der Waals surface area contributed by atoms with Crippen molar-refractivity contribution in [2.45, 2.75) is 38.3 Å². The van der Waals surface area contributed by atoms with Crippen LogP contribution >= 0.6 is 0 Å². The fourth-order valence-electron chi connectivity index (χ4n) is 4.15. The number of hydrogen-bond acceptors (Lipinski definition) is 3. The molecule has 0 spiro atoms. The molecule has 3 aromatic rings. The fourth-order valence-corrected chi connectivity index (χ4v) is 4.15. The van der Waals surface area contributed by atoms with E-state index in [0.717, 1.165) is 61.4 Å². The van der Waals surface area contributed by atoms with Gasteiger partial charge in [-0.25, -0.2) is 8.78 Å². The second-order valence-corrected chi connectivity index (χ2v) is 9.09. The molecule has 39 heavy (non-hydrogen) atoms. The largest absolute Gasteiger partial charge is 0.429 e. The van der Waals surface area contributed by atoms with Gasteiger partial charge < -0.3 is 14.2 Å². The van der Waals surface area contributed by atoms with Gasteiger partial charge in [-0.3, -0.25) is 0 Å². The van der Waals surface area contributed by atoms with Crippen LogP contribution in [0.4, 0.5) is 30.7 Å². The average molecular weight is 555 g/mol. The molecular weight excluding hydrogens is 529 g/mol. The third-order valence-electron chi connectivity index (χ3n) is 6.23. The van der Waals surface area contributed by atoms with Gasteiger partial charge in [0.15, 0.2) is 6.29 Å². The van der Waals surface area contributed by atoms with E-state index in [-0.39, 0.29) is 22.6 Å². The topological polar surface area (TPSA) is 27.7 Å². The van der Waals surface area contributed by atoms with Gasteiger partial charge >= 0.3 is 12.3 Å². The number of allylic oxidation sites excluding steroid dienone is 2. The molecule has 0 bridgehead atoms. The van der Waals surface area contributed by atoms with Crippen LogP contribution in [0.15, 0.2) is 72.8 Å². The van der Waals surface area contributed by atoms with E-state index >= 15 is 0 Å². The molecule has 10 heteroatoms. The lowest BCUT2D eigenvalue weighted by molar-refractivity contribution is -0.206. The Bertz CT molecular complexity index is 1300. The zero-order valence-electron chi connectivity index (χ0n) is 20.8. The van der Waals surface area contributed by atoms with Crippen LogP contribution in [0.5, 0.6) is 5.75 Å². The van der Waals surface area contributed by atoms with Crippen molar-refractivity contribution in [3.05, 3.63) is 101 Å². The molecule has 3 nitrogen and oxygen atoms in total. The van der Waals surface area contributed by atoms with Crippen LogP contribution in [0, 0.1) is 17.6 Å². The highest BCUT2D eigenvalue weighted by atomic mass is 19.4. The van der Waals surface area contributed by atoms with Crippen LogP contribution < -0.4 is 4.74 Å². The minimum absolute atomic E-state index is 0.108. The standard InChI is InChI=1S/C29H25F7O3/c1-2-3-4-5-18-16-37-27(38-17-18)20-8-13-24(26(31)14-20)29(35,36)39-22-11-12-23(25(30)15-22)19-6-9-21(10-7-19)28(32,33)34/h2-3,6-15,18,27H,4-5,16-17H2,1H3/b3-2+. The van der Waals surface area contributed by atoms with Gasteiger partial charge in [-0.1, -0.05) is 30.4 Å². The van der Waals surface area contributed by atoms with Crippen LogP contribution in [0.2, 0.25) is 0 Å². The van der Waals surface area contributed by atoms with E-state index in [1.54, 1.807) is 0 Å². The molecule has 1 aliphatic heterocycles. The molecule has 3 aromatic carbocycles. The molecule has 1 fully saturated rings. The molecule has 1 aliphatic rings. The summed E-state index contributed by atoms with van der Waals surface area (Å²) in [6, 6.07) is 9.44. The van der Waals surface area contributed by atoms with Crippen molar-refractivity contribution in [1.29, 1.82) is 0 Å². The highest BCUT2D eigenvalue weighted by molar-refractivity contribution is 5.65. The minimum atomic E-state index is -4.56. The zero-order valence-corrected chi connectivity index (χ0v) is 20.8. The summed E-state index contributed by atoms with van der Waals surface area (Å²) in [5, 5.41) is 0. The Kier molecular flexibility index (Phi) is 8.66. The first-order valence-electron chi connectivity index (χ1n) is 12.2. The molecule has 0 saturated carbocycles. The van der Waals surface area contributed by atoms with Gasteiger partial charge in [0, 0.05) is 23.1 Å². The van der Waals surface area contributed by atoms with Crippen LogP contribution in [-0.4, -0.2) is 13.2 Å². The van der Waals surface area contributed by atoms with Crippen molar-refractivity contribution in [3.8, 4) is 16.9 Å². The van der Waals surface area contributed by atoms with Crippen LogP contribution in [-0.2, 0) is 21.8 Å². The molecule has 0 radical (unpaired) electrons. The van der Waals surface area contributed by atoms with Gasteiger partial charge in [-0.2, -0.15) is 22.0 Å². The lowest BCUT2D eigenvalue weighted by Gasteiger charge is -2.29. The summed E-state index contributed by atoms with van der Waals surface area (Å²) in [4.78, 5) is 0. The van der Waals surface area contributed by atoms with Crippen molar-refractivity contribution in [1.82, 2.24) is 0 Å². The predicted molar refractivity (Wildman–Crippen MR) is 130 cm³/mol. The second-order valence-electron chi connectivity index (χ2n) is 9.09. The predicted octanol–water partition coefficient (Wildman–Crippen LogP) is 8.80. The van der Waals surface area contributed by atoms with Gasteiger partial charge in [-0.15, -0.1) is 0 Å².